The highest BCUT2D eigenvalue weighted by atomic mass is 79.9. The molecule has 3 aromatic heterocycles. The van der Waals surface area contributed by atoms with Gasteiger partial charge in [0.1, 0.15) is 83.1 Å². The van der Waals surface area contributed by atoms with Crippen LogP contribution in [-0.4, -0.2) is 109 Å². The second-order valence-electron chi connectivity index (χ2n) is 31.6. The van der Waals surface area contributed by atoms with Crippen LogP contribution >= 0.6 is 31.9 Å². The number of nitrogens with one attached hydrogen (secondary N) is 1. The summed E-state index contributed by atoms with van der Waals surface area (Å²) in [6.45, 7) is 30.8. The summed E-state index contributed by atoms with van der Waals surface area (Å²) in [6.07, 6.45) is 30.2. The van der Waals surface area contributed by atoms with E-state index < -0.39 is 16.1 Å². The highest BCUT2D eigenvalue weighted by Gasteiger charge is 2.28. The number of unbranched alkanes of at least 4 members (excludes halogenated alkanes) is 10. The van der Waals surface area contributed by atoms with Crippen LogP contribution < -0.4 is 11.3 Å². The molecule has 0 unspecified atom stereocenters. The summed E-state index contributed by atoms with van der Waals surface area (Å²) in [7, 11) is -2.61. The molecule has 8 aromatic carbocycles. The number of aromatic nitrogens is 9. The van der Waals surface area contributed by atoms with Crippen molar-refractivity contribution in [3.05, 3.63) is 293 Å². The number of aliphatic imine (C=N–C) groups is 4. The quantitative estimate of drug-likeness (QED) is 0.0349. The Hall–Kier alpha value is -11.0. The van der Waals surface area contributed by atoms with E-state index in [-0.39, 0.29) is 43.1 Å². The van der Waals surface area contributed by atoms with E-state index >= 15 is 0 Å². The maximum absolute atomic E-state index is 14.6. The van der Waals surface area contributed by atoms with Gasteiger partial charge in [-0.15, -0.1) is 59.0 Å². The molecule has 5 aliphatic rings. The Morgan fingerprint density at radius 3 is 1.08 bits per heavy atom. The third kappa shape index (κ3) is 29.3. The Labute approximate surface area is 754 Å². The lowest BCUT2D eigenvalue weighted by atomic mass is 9.98. The Morgan fingerprint density at radius 1 is 0.424 bits per heavy atom. The predicted molar refractivity (Wildman–Crippen MR) is 513 cm³/mol. The summed E-state index contributed by atoms with van der Waals surface area (Å²) >= 11 is 6.88. The van der Waals surface area contributed by atoms with E-state index in [0.29, 0.717) is 87.4 Å². The number of benzene rings is 8. The highest BCUT2D eigenvalue weighted by molar-refractivity contribution is 9.10. The van der Waals surface area contributed by atoms with E-state index in [0.717, 1.165) is 90.6 Å². The van der Waals surface area contributed by atoms with Gasteiger partial charge in [-0.2, -0.15) is 5.96 Å². The molecule has 16 rings (SSSR count). The Bertz CT molecular complexity index is 5660. The molecule has 0 aliphatic carbocycles. The van der Waals surface area contributed by atoms with Gasteiger partial charge >= 0.3 is 0 Å². The number of hydrogen-bond acceptors (Lipinski definition) is 13. The van der Waals surface area contributed by atoms with E-state index in [1.165, 1.54) is 114 Å². The second-order valence-corrected chi connectivity index (χ2v) is 43.0. The number of halogens is 7. The normalized spacial score (nSPS) is 12.7. The number of nitrogens with zero attached hydrogens (tertiary/aromatic N) is 13. The van der Waals surface area contributed by atoms with Crippen LogP contribution in [0.2, 0.25) is 39.3 Å². The van der Waals surface area contributed by atoms with Gasteiger partial charge in [-0.1, -0.05) is 244 Å². The van der Waals surface area contributed by atoms with Gasteiger partial charge in [0.25, 0.3) is 0 Å². The summed E-state index contributed by atoms with van der Waals surface area (Å²) in [4.78, 5) is 29.9. The number of amides is 1. The summed E-state index contributed by atoms with van der Waals surface area (Å²) < 4.78 is 78.9. The third-order valence-corrected chi connectivity index (χ3v) is 22.3. The first-order valence-corrected chi connectivity index (χ1v) is 50.7. The topological polar surface area (TPSA) is 206 Å². The van der Waals surface area contributed by atoms with Crippen LogP contribution in [0, 0.1) is 79.8 Å². The van der Waals surface area contributed by atoms with Crippen molar-refractivity contribution in [2.45, 2.75) is 205 Å². The maximum atomic E-state index is 14.6. The number of carbonyl (C=O) groups excluding carboxylic acids is 1. The first-order chi connectivity index (χ1) is 59.7. The standard InChI is InChI=1S/C22H21FN4Si.C19H13FN4.C17H12BrFN4.C15H10BrFN2O.2C8H18.C5H10Si.C4H8O.CH4.FH2N/c1-15-25-26-21-14-24-22(17-7-5-6-8-19(17)23)18-13-16(11-12-28(2,3)4)9-10-20(18)27(15)21;1-3-13-8-9-17-15(10-13)19(14-6-4-5-7-16(14)20)21-11-18-23-22-12(2)24(17)18;1-10-21-22-16-9-20-17(12-4-2-3-5-14(12)19)13-8-11(18)6-7-15(13)23(10)16;16-9-5-6-13-11(7-9)15(18-8-14(20)19-13)10-3-1-2-4-12(10)17;2*1-3-5-7-8-6-4-2;1-5-6(2,3)4;1-2-4-5-3-1;;1-2/h5-10,13H,14H2,1-4H3;1,4-10H,11H2,2H3;2-8H,9H2,1H3;1-7H,8H2,(H,19,20);2*3-8H2,1-2H3;1H,2-4H3;1-4H2;1H4;2H2. The van der Waals surface area contributed by atoms with E-state index in [2.05, 4.69) is 179 Å². The van der Waals surface area contributed by atoms with E-state index in [1.54, 1.807) is 66.7 Å². The number of benzodiazepines with no additional fused rings is 1. The minimum absolute atomic E-state index is 0. The molecular formula is C99H116Br2F5N15O2Si2. The number of rotatable bonds is 14. The van der Waals surface area contributed by atoms with Gasteiger partial charge in [0, 0.05) is 77.8 Å². The Balaban J connectivity index is 0.000000207. The lowest BCUT2D eigenvalue weighted by molar-refractivity contribution is -0.114. The molecule has 0 bridgehead atoms. The number of anilines is 1. The molecule has 17 nitrogen and oxygen atoms in total. The molecule has 8 heterocycles. The Kier molecular flexibility index (Phi) is 41.1. The monoisotopic (exact) mass is 1860 g/mol. The van der Waals surface area contributed by atoms with Crippen LogP contribution in [0.3, 0.4) is 0 Å². The zero-order chi connectivity index (χ0) is 89.9. The smallest absolute Gasteiger partial charge is 0.246 e. The van der Waals surface area contributed by atoms with Crippen molar-refractivity contribution in [3.8, 4) is 52.8 Å². The number of aryl methyl sites for hydroxylation is 3. The van der Waals surface area contributed by atoms with Crippen molar-refractivity contribution in [2.24, 2.45) is 25.9 Å². The number of ether oxygens (including phenoxy) is 1. The third-order valence-electron chi connectivity index (χ3n) is 19.6. The fraction of sp³-hybridized carbons (Fsp3) is 0.343. The second kappa shape index (κ2) is 50.8. The van der Waals surface area contributed by atoms with E-state index in [1.807, 2.05) is 113 Å². The van der Waals surface area contributed by atoms with Crippen LogP contribution in [0.25, 0.3) is 17.1 Å². The summed E-state index contributed by atoms with van der Waals surface area (Å²) in [5.41, 5.74) is 18.3. The largest absolute Gasteiger partial charge is 0.381 e. The molecule has 1 amide bonds. The first kappa shape index (κ1) is 101. The van der Waals surface area contributed by atoms with Crippen molar-refractivity contribution in [1.82, 2.24) is 44.3 Å². The van der Waals surface area contributed by atoms with Gasteiger partial charge in [-0.05, 0) is 155 Å². The van der Waals surface area contributed by atoms with Crippen LogP contribution in [0.5, 0.6) is 0 Å². The van der Waals surface area contributed by atoms with Crippen LogP contribution in [-0.2, 0) is 29.2 Å². The fourth-order valence-electron chi connectivity index (χ4n) is 13.3. The van der Waals surface area contributed by atoms with E-state index in [4.69, 9.17) is 27.1 Å². The minimum atomic E-state index is -1.51. The molecule has 1 fully saturated rings. The van der Waals surface area contributed by atoms with Crippen LogP contribution in [0.4, 0.5) is 27.7 Å². The van der Waals surface area contributed by atoms with Crippen LogP contribution in [0.1, 0.15) is 216 Å². The molecule has 0 radical (unpaired) electrons. The molecule has 0 saturated carbocycles. The molecule has 0 atom stereocenters. The zero-order valence-electron chi connectivity index (χ0n) is 73.3. The lowest BCUT2D eigenvalue weighted by Gasteiger charge is -2.13. The summed E-state index contributed by atoms with van der Waals surface area (Å²) in [6, 6.07) is 49.4. The van der Waals surface area contributed by atoms with Crippen molar-refractivity contribution < 1.29 is 31.6 Å². The average Bonchev–Trinajstić information content (AvgIpc) is 1.64. The minimum Gasteiger partial charge on any atom is -0.381 e. The Morgan fingerprint density at radius 2 is 0.744 bits per heavy atom. The van der Waals surface area contributed by atoms with Crippen molar-refractivity contribution in [2.75, 3.05) is 25.1 Å². The number of terminal acetylenes is 2. The van der Waals surface area contributed by atoms with Gasteiger partial charge in [0.2, 0.25) is 5.91 Å². The van der Waals surface area contributed by atoms with Gasteiger partial charge in [0.15, 0.2) is 17.5 Å². The average molecular weight is 1860 g/mol. The molecule has 1 saturated heterocycles. The van der Waals surface area contributed by atoms with E-state index in [9.17, 15) is 22.4 Å². The SMILES string of the molecule is C.C#C[Si](C)(C)C.C#Cc1ccc2c(c1)C(c1ccccc1F)=NCc1nnc(C)n1-2.C1CCOC1.CCCCCCCC.CCCCCCCC.Cc1nnc2n1-c1ccc(Br)cc1C(c1ccccc1F)=NC2.Cc1nnc2n1-c1ccc(C#C[Si](C)(C)C)cc1C(c1ccccc1F)=NC2.NF.O=C1CN=C(c2ccccc2F)c2cc(Br)ccc2N1. The maximum Gasteiger partial charge on any atom is 0.246 e. The number of hydrogen-bond donors (Lipinski definition) is 2. The molecular weight excluding hydrogens is 1740 g/mol. The van der Waals surface area contributed by atoms with Crippen molar-refractivity contribution in [1.29, 1.82) is 0 Å². The predicted octanol–water partition coefficient (Wildman–Crippen LogP) is 24.0. The van der Waals surface area contributed by atoms with Crippen LogP contribution in [0.15, 0.2) is 199 Å². The molecule has 656 valence electrons. The molecule has 3 N–H and O–H groups in total. The molecule has 11 aromatic rings. The van der Waals surface area contributed by atoms with Gasteiger partial charge in [0.05, 0.1) is 45.6 Å². The lowest BCUT2D eigenvalue weighted by Crippen LogP contribution is -2.16. The van der Waals surface area contributed by atoms with Crippen molar-refractivity contribution in [3.63, 3.8) is 0 Å². The van der Waals surface area contributed by atoms with Gasteiger partial charge in [-0.3, -0.25) is 38.5 Å². The highest BCUT2D eigenvalue weighted by Crippen LogP contribution is 2.34. The molecule has 5 aliphatic heterocycles. The molecule has 0 spiro atoms. The summed E-state index contributed by atoms with van der Waals surface area (Å²) in [5, 5.41) is 27.8. The molecule has 26 heteroatoms. The number of nitrogens with two attached hydrogens (primary N) is 1. The van der Waals surface area contributed by atoms with Gasteiger partial charge < -0.3 is 10.1 Å². The number of fused-ring (bicyclic) bond motifs is 10. The van der Waals surface area contributed by atoms with Crippen molar-refractivity contribution >= 4 is 82.4 Å². The number of carbonyl (C=O) groups is 1. The van der Waals surface area contributed by atoms with Gasteiger partial charge in [-0.25, -0.2) is 17.6 Å². The summed E-state index contributed by atoms with van der Waals surface area (Å²) in [5.74, 6) is 12.0. The first-order valence-electron chi connectivity index (χ1n) is 42.1. The zero-order valence-corrected chi connectivity index (χ0v) is 78.5. The fourth-order valence-corrected chi connectivity index (χ4v) is 14.6. The molecule has 125 heavy (non-hydrogen) atoms.